The third-order valence-electron chi connectivity index (χ3n) is 10.0. The number of benzene rings is 6. The minimum atomic E-state index is -0.125. The van der Waals surface area contributed by atoms with Gasteiger partial charge in [-0.3, -0.25) is 0 Å². The van der Waals surface area contributed by atoms with E-state index >= 15 is 0 Å². The summed E-state index contributed by atoms with van der Waals surface area (Å²) in [5, 5.41) is 8.62. The molecule has 0 saturated carbocycles. The van der Waals surface area contributed by atoms with Crippen molar-refractivity contribution in [2.24, 2.45) is 0 Å². The van der Waals surface area contributed by atoms with E-state index in [-0.39, 0.29) is 10.8 Å². The molecule has 1 heterocycles. The summed E-state index contributed by atoms with van der Waals surface area (Å²) in [4.78, 5) is 0. The fourth-order valence-corrected chi connectivity index (χ4v) is 7.78. The molecule has 2 heteroatoms. The normalized spacial score (nSPS) is 15.5. The van der Waals surface area contributed by atoms with Gasteiger partial charge in [0.05, 0.1) is 0 Å². The Morgan fingerprint density at radius 2 is 1.17 bits per heavy atom. The third-order valence-corrected chi connectivity index (χ3v) is 10.0. The molecule has 2 aliphatic carbocycles. The smallest absolute Gasteiger partial charge is 0.136 e. The molecule has 0 aliphatic heterocycles. The maximum absolute atomic E-state index is 6.32. The van der Waals surface area contributed by atoms with Crippen molar-refractivity contribution in [1.29, 1.82) is 0 Å². The Balaban J connectivity index is 1.20. The van der Waals surface area contributed by atoms with Crippen LogP contribution in [-0.2, 0) is 10.8 Å². The Labute approximate surface area is 245 Å². The summed E-state index contributed by atoms with van der Waals surface area (Å²) in [7, 11) is 0. The predicted molar refractivity (Wildman–Crippen MR) is 176 cm³/mol. The van der Waals surface area contributed by atoms with E-state index in [0.29, 0.717) is 0 Å². The zero-order chi connectivity index (χ0) is 28.4. The van der Waals surface area contributed by atoms with Crippen LogP contribution in [0.4, 0.5) is 11.4 Å². The van der Waals surface area contributed by atoms with E-state index in [1.807, 2.05) is 0 Å². The molecule has 1 N–H and O–H groups in total. The fraction of sp³-hybridized carbons (Fsp3) is 0.150. The van der Waals surface area contributed by atoms with Crippen LogP contribution in [0.15, 0.2) is 114 Å². The summed E-state index contributed by atoms with van der Waals surface area (Å²) in [6.45, 7) is 9.49. The fourth-order valence-electron chi connectivity index (χ4n) is 7.78. The van der Waals surface area contributed by atoms with Crippen molar-refractivity contribution in [3.8, 4) is 22.3 Å². The summed E-state index contributed by atoms with van der Waals surface area (Å²) in [5.74, 6) is 0. The first-order chi connectivity index (χ1) is 20.3. The Morgan fingerprint density at radius 1 is 0.500 bits per heavy atom. The van der Waals surface area contributed by atoms with E-state index in [2.05, 4.69) is 142 Å². The van der Waals surface area contributed by atoms with Crippen molar-refractivity contribution < 1.29 is 4.42 Å². The number of para-hydroxylation sites is 1. The highest BCUT2D eigenvalue weighted by molar-refractivity contribution is 6.15. The van der Waals surface area contributed by atoms with Crippen LogP contribution in [0.5, 0.6) is 0 Å². The highest BCUT2D eigenvalue weighted by Gasteiger charge is 2.42. The molecule has 1 aromatic heterocycles. The number of nitrogens with one attached hydrogen (secondary N) is 1. The second kappa shape index (κ2) is 7.92. The van der Waals surface area contributed by atoms with Gasteiger partial charge in [0, 0.05) is 33.0 Å². The molecule has 6 aromatic carbocycles. The van der Waals surface area contributed by atoms with E-state index in [1.54, 1.807) is 0 Å². The second-order valence-electron chi connectivity index (χ2n) is 13.1. The minimum Gasteiger partial charge on any atom is -0.456 e. The van der Waals surface area contributed by atoms with Gasteiger partial charge in [0.25, 0.3) is 0 Å². The molecular formula is C40H31NO. The van der Waals surface area contributed by atoms with Crippen molar-refractivity contribution in [2.45, 2.75) is 38.5 Å². The minimum absolute atomic E-state index is 0.100. The average molecular weight is 542 g/mol. The summed E-state index contributed by atoms with van der Waals surface area (Å²) in [6.07, 6.45) is 0. The first-order valence-electron chi connectivity index (χ1n) is 14.9. The van der Waals surface area contributed by atoms with Gasteiger partial charge in [0.15, 0.2) is 0 Å². The quantitative estimate of drug-likeness (QED) is 0.235. The lowest BCUT2D eigenvalue weighted by atomic mass is 9.79. The zero-order valence-corrected chi connectivity index (χ0v) is 24.3. The third kappa shape index (κ3) is 3.04. The largest absolute Gasteiger partial charge is 0.456 e. The van der Waals surface area contributed by atoms with Gasteiger partial charge in [-0.15, -0.1) is 0 Å². The molecule has 0 atom stereocenters. The van der Waals surface area contributed by atoms with Crippen LogP contribution >= 0.6 is 0 Å². The van der Waals surface area contributed by atoms with E-state index in [1.165, 1.54) is 66.1 Å². The molecule has 2 nitrogen and oxygen atoms in total. The SMILES string of the molecule is CC1(C)c2cc(Nc3ccc4ccccc4c3)ccc2-c2cc3c(cc21)-c1c(ccc2oc4ccccc4c12)C3(C)C. The molecule has 0 spiro atoms. The first kappa shape index (κ1) is 23.8. The molecule has 0 amide bonds. The number of anilines is 2. The summed E-state index contributed by atoms with van der Waals surface area (Å²) in [6, 6.07) is 39.9. The van der Waals surface area contributed by atoms with Crippen molar-refractivity contribution in [3.63, 3.8) is 0 Å². The topological polar surface area (TPSA) is 25.2 Å². The lowest BCUT2D eigenvalue weighted by molar-refractivity contribution is 0.651. The van der Waals surface area contributed by atoms with Gasteiger partial charge in [0.1, 0.15) is 11.2 Å². The number of rotatable bonds is 2. The molecule has 202 valence electrons. The van der Waals surface area contributed by atoms with Gasteiger partial charge in [-0.25, -0.2) is 0 Å². The van der Waals surface area contributed by atoms with Crippen molar-refractivity contribution >= 4 is 44.1 Å². The van der Waals surface area contributed by atoms with Crippen LogP contribution < -0.4 is 5.32 Å². The van der Waals surface area contributed by atoms with Gasteiger partial charge >= 0.3 is 0 Å². The first-order valence-corrected chi connectivity index (χ1v) is 14.9. The molecule has 7 aromatic rings. The summed E-state index contributed by atoms with van der Waals surface area (Å²) < 4.78 is 6.32. The molecule has 0 fully saturated rings. The molecule has 42 heavy (non-hydrogen) atoms. The zero-order valence-electron chi connectivity index (χ0n) is 24.3. The van der Waals surface area contributed by atoms with Crippen LogP contribution in [0, 0.1) is 0 Å². The van der Waals surface area contributed by atoms with Gasteiger partial charge in [-0.1, -0.05) is 88.4 Å². The molecule has 0 radical (unpaired) electrons. The summed E-state index contributed by atoms with van der Waals surface area (Å²) in [5.41, 5.74) is 14.9. The Hall–Kier alpha value is -4.82. The van der Waals surface area contributed by atoms with E-state index in [0.717, 1.165) is 22.5 Å². The molecule has 2 aliphatic rings. The van der Waals surface area contributed by atoms with E-state index in [9.17, 15) is 0 Å². The average Bonchev–Trinajstić information content (AvgIpc) is 3.56. The predicted octanol–water partition coefficient (Wildman–Crippen LogP) is 11.1. The number of fused-ring (bicyclic) bond motifs is 11. The molecule has 9 rings (SSSR count). The van der Waals surface area contributed by atoms with Gasteiger partial charge < -0.3 is 9.73 Å². The molecule has 0 bridgehead atoms. The van der Waals surface area contributed by atoms with Gasteiger partial charge in [-0.05, 0) is 104 Å². The number of hydrogen-bond donors (Lipinski definition) is 1. The van der Waals surface area contributed by atoms with Gasteiger partial charge in [0.2, 0.25) is 0 Å². The molecule has 0 saturated heterocycles. The maximum Gasteiger partial charge on any atom is 0.136 e. The number of furan rings is 1. The lowest BCUT2D eigenvalue weighted by Crippen LogP contribution is -2.17. The van der Waals surface area contributed by atoms with Crippen molar-refractivity contribution in [1.82, 2.24) is 0 Å². The van der Waals surface area contributed by atoms with Crippen molar-refractivity contribution in [3.05, 3.63) is 131 Å². The second-order valence-corrected chi connectivity index (χ2v) is 13.1. The van der Waals surface area contributed by atoms with E-state index < -0.39 is 0 Å². The van der Waals surface area contributed by atoms with Crippen LogP contribution in [0.25, 0.3) is 55.0 Å². The number of hydrogen-bond acceptors (Lipinski definition) is 2. The summed E-state index contributed by atoms with van der Waals surface area (Å²) >= 11 is 0. The lowest BCUT2D eigenvalue weighted by Gasteiger charge is -2.24. The Morgan fingerprint density at radius 3 is 2.05 bits per heavy atom. The molecular weight excluding hydrogens is 510 g/mol. The highest BCUT2D eigenvalue weighted by Crippen LogP contribution is 2.58. The monoisotopic (exact) mass is 541 g/mol. The maximum atomic E-state index is 6.32. The highest BCUT2D eigenvalue weighted by atomic mass is 16.3. The van der Waals surface area contributed by atoms with E-state index in [4.69, 9.17) is 4.42 Å². The van der Waals surface area contributed by atoms with Crippen LogP contribution in [0.3, 0.4) is 0 Å². The van der Waals surface area contributed by atoms with Crippen LogP contribution in [0.2, 0.25) is 0 Å². The Kier molecular flexibility index (Phi) is 4.50. The van der Waals surface area contributed by atoms with Crippen LogP contribution in [0.1, 0.15) is 49.9 Å². The standard InChI is InChI=1S/C40H31NO/c1-39(2)31-17-18-36-38(28-11-7-8-12-35(28)42-36)37(31)30-22-33-29(21-34(30)39)27-16-15-26(20-32(27)40(33,3)4)41-25-14-13-23-9-5-6-10-24(23)19-25/h5-22,41H,1-4H3. The Bertz CT molecular complexity index is 2280. The van der Waals surface area contributed by atoms with Crippen LogP contribution in [-0.4, -0.2) is 0 Å². The molecule has 0 unspecified atom stereocenters. The van der Waals surface area contributed by atoms with Crippen molar-refractivity contribution in [2.75, 3.05) is 5.32 Å². The van der Waals surface area contributed by atoms with Gasteiger partial charge in [-0.2, -0.15) is 0 Å².